The van der Waals surface area contributed by atoms with Crippen LogP contribution in [0.4, 0.5) is 0 Å². The standard InChI is InChI=1S/C46H72N4O12/c1-26(2)21-34-43(55)59-30(9)39(51)47(12)35(22-27(3)4)44(56)60-32(11)41(53)49(14)37(24-29(7)8)46(58)62-38(25-33-19-17-16-18-20-33)42(54)50(15)36(23-28(5)6)45(57)61-31(10)40(52)48(34)13/h16-20,26-32,34-38H,21-25H2,1-15H3. The van der Waals surface area contributed by atoms with E-state index in [9.17, 15) is 38.4 Å². The summed E-state index contributed by atoms with van der Waals surface area (Å²) in [7, 11) is 5.51. The Kier molecular flexibility index (Phi) is 20.6. The zero-order valence-electron chi connectivity index (χ0n) is 39.5. The topological polar surface area (TPSA) is 186 Å². The van der Waals surface area contributed by atoms with Crippen molar-refractivity contribution in [3.05, 3.63) is 35.9 Å². The van der Waals surface area contributed by atoms with Crippen LogP contribution >= 0.6 is 0 Å². The fourth-order valence-electron chi connectivity index (χ4n) is 7.27. The molecule has 348 valence electrons. The summed E-state index contributed by atoms with van der Waals surface area (Å²) in [6.07, 6.45) is -5.28. The average molecular weight is 873 g/mol. The summed E-state index contributed by atoms with van der Waals surface area (Å²) in [5.74, 6) is -7.01. The van der Waals surface area contributed by atoms with E-state index in [0.29, 0.717) is 5.56 Å². The molecule has 16 heteroatoms. The number of amides is 4. The van der Waals surface area contributed by atoms with E-state index in [1.165, 1.54) is 49.0 Å². The number of rotatable bonds is 10. The molecule has 4 amide bonds. The first kappa shape index (κ1) is 53.1. The van der Waals surface area contributed by atoms with Crippen LogP contribution in [0.15, 0.2) is 30.3 Å². The van der Waals surface area contributed by atoms with Crippen molar-refractivity contribution in [3.63, 3.8) is 0 Å². The quantitative estimate of drug-likeness (QED) is 0.238. The highest BCUT2D eigenvalue weighted by atomic mass is 16.6. The molecule has 0 spiro atoms. The molecule has 8 unspecified atom stereocenters. The molecule has 1 aliphatic heterocycles. The van der Waals surface area contributed by atoms with Crippen molar-refractivity contribution in [2.24, 2.45) is 23.7 Å². The number of likely N-dealkylation sites (N-methyl/N-ethyl adjacent to an activating group) is 4. The summed E-state index contributed by atoms with van der Waals surface area (Å²) in [5, 5.41) is 0. The van der Waals surface area contributed by atoms with E-state index in [2.05, 4.69) is 0 Å². The maximum atomic E-state index is 14.5. The second kappa shape index (κ2) is 24.0. The number of carbonyl (C=O) groups is 8. The first-order valence-corrected chi connectivity index (χ1v) is 21.7. The molecule has 0 aliphatic carbocycles. The van der Waals surface area contributed by atoms with Gasteiger partial charge in [0.1, 0.15) is 24.2 Å². The first-order chi connectivity index (χ1) is 28.8. The Labute approximate surface area is 368 Å². The van der Waals surface area contributed by atoms with Crippen LogP contribution in [0.3, 0.4) is 0 Å². The van der Waals surface area contributed by atoms with E-state index in [0.717, 1.165) is 19.6 Å². The van der Waals surface area contributed by atoms with Crippen LogP contribution in [0.1, 0.15) is 107 Å². The van der Waals surface area contributed by atoms with Crippen molar-refractivity contribution in [3.8, 4) is 0 Å². The maximum absolute atomic E-state index is 14.5. The lowest BCUT2D eigenvalue weighted by Gasteiger charge is -2.35. The lowest BCUT2D eigenvalue weighted by Crippen LogP contribution is -2.54. The van der Waals surface area contributed by atoms with Crippen LogP contribution in [0.25, 0.3) is 0 Å². The minimum atomic E-state index is -1.46. The average Bonchev–Trinajstić information content (AvgIpc) is 3.19. The molecule has 0 radical (unpaired) electrons. The fraction of sp³-hybridized carbons (Fsp3) is 0.696. The fourth-order valence-corrected chi connectivity index (χ4v) is 7.27. The predicted octanol–water partition coefficient (Wildman–Crippen LogP) is 4.44. The van der Waals surface area contributed by atoms with E-state index >= 15 is 0 Å². The minimum absolute atomic E-state index is 0.0750. The third-order valence-corrected chi connectivity index (χ3v) is 10.8. The Morgan fingerprint density at radius 3 is 0.952 bits per heavy atom. The zero-order chi connectivity index (χ0) is 47.3. The summed E-state index contributed by atoms with van der Waals surface area (Å²) in [4.78, 5) is 117. The largest absolute Gasteiger partial charge is 0.451 e. The van der Waals surface area contributed by atoms with E-state index in [1.54, 1.807) is 30.3 Å². The second-order valence-electron chi connectivity index (χ2n) is 18.2. The molecule has 1 aliphatic rings. The SMILES string of the molecule is CC(C)CC1C(=O)OC(C)C(=O)N(C)C(CC(C)C)C(=O)OC(Cc2ccccc2)C(=O)N(C)C(CC(C)C)C(=O)OC(C)C(=O)N(C)C(CC(C)C)C(=O)OC(C)C(=O)N1C. The number of cyclic esters (lactones) is 4. The first-order valence-electron chi connectivity index (χ1n) is 21.7. The van der Waals surface area contributed by atoms with Crippen LogP contribution in [0.5, 0.6) is 0 Å². The molecule has 8 atom stereocenters. The molecule has 0 saturated carbocycles. The van der Waals surface area contributed by atoms with Gasteiger partial charge >= 0.3 is 23.9 Å². The molecule has 1 heterocycles. The monoisotopic (exact) mass is 873 g/mol. The van der Waals surface area contributed by atoms with Gasteiger partial charge in [-0.05, 0) is 75.7 Å². The minimum Gasteiger partial charge on any atom is -0.451 e. The smallest absolute Gasteiger partial charge is 0.329 e. The zero-order valence-corrected chi connectivity index (χ0v) is 39.5. The molecule has 0 bridgehead atoms. The van der Waals surface area contributed by atoms with Gasteiger partial charge < -0.3 is 38.5 Å². The summed E-state index contributed by atoms with van der Waals surface area (Å²) in [6, 6.07) is 4.00. The third kappa shape index (κ3) is 15.1. The van der Waals surface area contributed by atoms with Crippen molar-refractivity contribution in [2.75, 3.05) is 28.2 Å². The van der Waals surface area contributed by atoms with Gasteiger partial charge in [0, 0.05) is 34.6 Å². The van der Waals surface area contributed by atoms with Gasteiger partial charge in [-0.15, -0.1) is 0 Å². The molecular weight excluding hydrogens is 801 g/mol. The van der Waals surface area contributed by atoms with E-state index in [-0.39, 0.29) is 55.8 Å². The second-order valence-corrected chi connectivity index (χ2v) is 18.2. The molecule has 1 aromatic rings. The highest BCUT2D eigenvalue weighted by Gasteiger charge is 2.42. The van der Waals surface area contributed by atoms with Gasteiger partial charge in [0.05, 0.1) is 0 Å². The van der Waals surface area contributed by atoms with Crippen LogP contribution < -0.4 is 0 Å². The number of benzene rings is 1. The number of hydrogen-bond donors (Lipinski definition) is 0. The van der Waals surface area contributed by atoms with Crippen LogP contribution in [-0.2, 0) is 63.7 Å². The lowest BCUT2D eigenvalue weighted by molar-refractivity contribution is -0.176. The van der Waals surface area contributed by atoms with E-state index in [1.807, 2.05) is 55.4 Å². The summed E-state index contributed by atoms with van der Waals surface area (Å²) < 4.78 is 23.1. The van der Waals surface area contributed by atoms with Gasteiger partial charge in [0.25, 0.3) is 23.6 Å². The molecule has 16 nitrogen and oxygen atoms in total. The molecule has 2 rings (SSSR count). The maximum Gasteiger partial charge on any atom is 0.329 e. The number of nitrogens with zero attached hydrogens (tertiary/aromatic N) is 4. The van der Waals surface area contributed by atoms with Crippen molar-refractivity contribution < 1.29 is 57.3 Å². The summed E-state index contributed by atoms with van der Waals surface area (Å²) >= 11 is 0. The normalized spacial score (nSPS) is 26.6. The number of ether oxygens (including phenoxy) is 4. The highest BCUT2D eigenvalue weighted by molar-refractivity contribution is 5.94. The van der Waals surface area contributed by atoms with Crippen LogP contribution in [-0.4, -0.2) is 144 Å². The Morgan fingerprint density at radius 1 is 0.419 bits per heavy atom. The Balaban J connectivity index is 2.79. The highest BCUT2D eigenvalue weighted by Crippen LogP contribution is 2.23. The molecular formula is C46H72N4O12. The predicted molar refractivity (Wildman–Crippen MR) is 231 cm³/mol. The molecule has 0 N–H and O–H groups in total. The molecule has 1 aromatic carbocycles. The van der Waals surface area contributed by atoms with Gasteiger partial charge in [-0.3, -0.25) is 19.2 Å². The lowest BCUT2D eigenvalue weighted by atomic mass is 10.00. The molecule has 0 aromatic heterocycles. The van der Waals surface area contributed by atoms with Crippen molar-refractivity contribution in [1.82, 2.24) is 19.6 Å². The molecule has 62 heavy (non-hydrogen) atoms. The summed E-state index contributed by atoms with van der Waals surface area (Å²) in [5.41, 5.74) is 0.652. The summed E-state index contributed by atoms with van der Waals surface area (Å²) in [6.45, 7) is 18.8. The van der Waals surface area contributed by atoms with Gasteiger partial charge in [-0.25, -0.2) is 19.2 Å². The third-order valence-electron chi connectivity index (χ3n) is 10.8. The Bertz CT molecular complexity index is 1700. The Hall–Kier alpha value is -5.02. The number of carbonyl (C=O) groups excluding carboxylic acids is 8. The number of hydrogen-bond acceptors (Lipinski definition) is 12. The van der Waals surface area contributed by atoms with E-state index in [4.69, 9.17) is 18.9 Å². The van der Waals surface area contributed by atoms with Crippen LogP contribution in [0.2, 0.25) is 0 Å². The van der Waals surface area contributed by atoms with Gasteiger partial charge in [0.2, 0.25) is 0 Å². The van der Waals surface area contributed by atoms with Gasteiger partial charge in [-0.2, -0.15) is 0 Å². The van der Waals surface area contributed by atoms with Gasteiger partial charge in [-0.1, -0.05) is 85.7 Å². The van der Waals surface area contributed by atoms with Gasteiger partial charge in [0.15, 0.2) is 24.4 Å². The van der Waals surface area contributed by atoms with Crippen LogP contribution in [0, 0.1) is 23.7 Å². The van der Waals surface area contributed by atoms with Crippen molar-refractivity contribution in [1.29, 1.82) is 0 Å². The molecule has 1 saturated heterocycles. The number of esters is 4. The van der Waals surface area contributed by atoms with E-state index < -0.39 is 96.1 Å². The van der Waals surface area contributed by atoms with Crippen molar-refractivity contribution >= 4 is 47.5 Å². The Morgan fingerprint density at radius 2 is 0.677 bits per heavy atom. The van der Waals surface area contributed by atoms with Crippen molar-refractivity contribution in [2.45, 2.75) is 157 Å². The molecule has 1 fully saturated rings.